The second-order valence-corrected chi connectivity index (χ2v) is 6.06. The molecule has 0 aliphatic carbocycles. The first-order chi connectivity index (χ1) is 10.5. The Morgan fingerprint density at radius 1 is 1.32 bits per heavy atom. The van der Waals surface area contributed by atoms with Gasteiger partial charge in [-0.15, -0.1) is 11.3 Å². The van der Waals surface area contributed by atoms with E-state index < -0.39 is 7.12 Å². The molecule has 0 fully saturated rings. The van der Waals surface area contributed by atoms with Gasteiger partial charge in [0.05, 0.1) is 17.8 Å². The summed E-state index contributed by atoms with van der Waals surface area (Å²) in [6.45, 7) is 4.12. The van der Waals surface area contributed by atoms with Crippen LogP contribution in [-0.4, -0.2) is 35.5 Å². The molecule has 0 aliphatic heterocycles. The van der Waals surface area contributed by atoms with Crippen molar-refractivity contribution in [2.45, 2.75) is 20.5 Å². The van der Waals surface area contributed by atoms with Gasteiger partial charge in [0, 0.05) is 10.4 Å². The van der Waals surface area contributed by atoms with E-state index in [0.29, 0.717) is 17.8 Å². The summed E-state index contributed by atoms with van der Waals surface area (Å²) in [7, 11) is -0.319. The molecule has 1 heterocycles. The molecule has 0 atom stereocenters. The highest BCUT2D eigenvalue weighted by Gasteiger charge is 2.20. The lowest BCUT2D eigenvalue weighted by Gasteiger charge is -2.13. The van der Waals surface area contributed by atoms with Crippen LogP contribution < -0.4 is 14.9 Å². The summed E-state index contributed by atoms with van der Waals surface area (Å²) in [5.74, 6) is 0.664. The number of aryl methyl sites for hydroxylation is 2. The molecular weight excluding hydrogens is 305 g/mol. The first-order valence-electron chi connectivity index (χ1n) is 6.55. The van der Waals surface area contributed by atoms with E-state index >= 15 is 0 Å². The van der Waals surface area contributed by atoms with E-state index in [0.717, 1.165) is 15.6 Å². The first-order valence-corrected chi connectivity index (χ1v) is 7.36. The van der Waals surface area contributed by atoms with Crippen molar-refractivity contribution in [3.05, 3.63) is 33.3 Å². The molecule has 0 unspecified atom stereocenters. The molecule has 116 valence electrons. The van der Waals surface area contributed by atoms with Crippen molar-refractivity contribution in [3.8, 4) is 11.5 Å². The zero-order valence-electron chi connectivity index (χ0n) is 12.5. The summed E-state index contributed by atoms with van der Waals surface area (Å²) in [6.07, 6.45) is 0.541. The molecule has 0 amide bonds. The number of hydrogen-bond acceptors (Lipinski definition) is 7. The third kappa shape index (κ3) is 3.46. The number of carbonyl (C=O) groups excluding carboxylic acids is 1. The highest BCUT2D eigenvalue weighted by Crippen LogP contribution is 2.28. The molecule has 2 N–H and O–H groups in total. The second-order valence-electron chi connectivity index (χ2n) is 4.65. The average Bonchev–Trinajstić information content (AvgIpc) is 2.81. The number of rotatable bonds is 6. The Labute approximate surface area is 132 Å². The second kappa shape index (κ2) is 6.91. The quantitative estimate of drug-likeness (QED) is 0.605. The number of carbonyl (C=O) groups is 1. The minimum absolute atomic E-state index is 0.0693. The van der Waals surface area contributed by atoms with Crippen LogP contribution in [0, 0.1) is 13.8 Å². The molecule has 2 aromatic rings. The number of thiazole rings is 1. The van der Waals surface area contributed by atoms with Crippen LogP contribution in [-0.2, 0) is 6.61 Å². The number of nitrogens with zero attached hydrogens (tertiary/aromatic N) is 1. The number of benzene rings is 1. The molecule has 2 rings (SSSR count). The van der Waals surface area contributed by atoms with Crippen molar-refractivity contribution >= 4 is 30.2 Å². The highest BCUT2D eigenvalue weighted by atomic mass is 32.1. The molecule has 0 bridgehead atoms. The van der Waals surface area contributed by atoms with Crippen LogP contribution in [0.25, 0.3) is 0 Å². The minimum atomic E-state index is -1.76. The summed E-state index contributed by atoms with van der Waals surface area (Å²) in [5.41, 5.74) is 1.03. The van der Waals surface area contributed by atoms with Crippen molar-refractivity contribution < 1.29 is 24.3 Å². The van der Waals surface area contributed by atoms with Crippen LogP contribution in [0.1, 0.15) is 25.9 Å². The van der Waals surface area contributed by atoms with E-state index in [1.807, 2.05) is 13.8 Å². The van der Waals surface area contributed by atoms with Gasteiger partial charge in [-0.1, -0.05) is 0 Å². The molecule has 0 saturated heterocycles. The van der Waals surface area contributed by atoms with E-state index in [2.05, 4.69) is 4.98 Å². The van der Waals surface area contributed by atoms with Gasteiger partial charge in [0.2, 0.25) is 0 Å². The van der Waals surface area contributed by atoms with Gasteiger partial charge in [-0.3, -0.25) is 4.79 Å². The predicted octanol–water partition coefficient (Wildman–Crippen LogP) is 0.840. The molecule has 0 saturated carbocycles. The molecule has 1 aromatic carbocycles. The van der Waals surface area contributed by atoms with Crippen molar-refractivity contribution in [1.29, 1.82) is 0 Å². The lowest BCUT2D eigenvalue weighted by Crippen LogP contribution is -2.33. The fourth-order valence-electron chi connectivity index (χ4n) is 2.04. The standard InChI is InChI=1S/C14H16BNO5S/c1-8-12(16-9(2)22-8)7-21-14-4-10(6-17)11(15(18)19)5-13(14)20-3/h4-6,18-19H,7H2,1-3H3. The molecular formula is C14H16BNO5S. The predicted molar refractivity (Wildman–Crippen MR) is 84.1 cm³/mol. The summed E-state index contributed by atoms with van der Waals surface area (Å²) >= 11 is 1.58. The van der Waals surface area contributed by atoms with Gasteiger partial charge in [0.25, 0.3) is 0 Å². The molecule has 0 radical (unpaired) electrons. The van der Waals surface area contributed by atoms with Crippen LogP contribution in [0.4, 0.5) is 0 Å². The Morgan fingerprint density at radius 2 is 2.05 bits per heavy atom. The van der Waals surface area contributed by atoms with E-state index in [-0.39, 0.29) is 17.6 Å². The average molecular weight is 321 g/mol. The first kappa shape index (κ1) is 16.5. The van der Waals surface area contributed by atoms with Gasteiger partial charge in [-0.05, 0) is 31.4 Å². The number of hydrogen-bond donors (Lipinski definition) is 2. The van der Waals surface area contributed by atoms with Crippen LogP contribution >= 0.6 is 11.3 Å². The maximum absolute atomic E-state index is 11.1. The molecule has 0 spiro atoms. The zero-order valence-corrected chi connectivity index (χ0v) is 13.3. The summed E-state index contributed by atoms with van der Waals surface area (Å²) in [5, 5.41) is 19.5. The van der Waals surface area contributed by atoms with E-state index in [1.54, 1.807) is 11.3 Å². The number of aromatic nitrogens is 1. The monoisotopic (exact) mass is 321 g/mol. The van der Waals surface area contributed by atoms with Crippen LogP contribution in [0.5, 0.6) is 11.5 Å². The Bertz CT molecular complexity index is 686. The maximum atomic E-state index is 11.1. The Balaban J connectivity index is 2.30. The lowest BCUT2D eigenvalue weighted by molar-refractivity contribution is 0.112. The third-order valence-corrected chi connectivity index (χ3v) is 4.07. The van der Waals surface area contributed by atoms with Gasteiger partial charge in [-0.25, -0.2) is 4.98 Å². The fraction of sp³-hybridized carbons (Fsp3) is 0.286. The van der Waals surface area contributed by atoms with Crippen molar-refractivity contribution in [3.63, 3.8) is 0 Å². The summed E-state index contributed by atoms with van der Waals surface area (Å²) in [4.78, 5) is 16.5. The lowest BCUT2D eigenvalue weighted by atomic mass is 9.77. The largest absolute Gasteiger partial charge is 0.493 e. The van der Waals surface area contributed by atoms with Crippen molar-refractivity contribution in [2.24, 2.45) is 0 Å². The van der Waals surface area contributed by atoms with E-state index in [9.17, 15) is 14.8 Å². The normalized spacial score (nSPS) is 10.4. The van der Waals surface area contributed by atoms with E-state index in [4.69, 9.17) is 9.47 Å². The SMILES string of the molecule is COc1cc(B(O)O)c(C=O)cc1OCc1nc(C)sc1C. The van der Waals surface area contributed by atoms with Gasteiger partial charge in [-0.2, -0.15) is 0 Å². The van der Waals surface area contributed by atoms with Crippen LogP contribution in [0.3, 0.4) is 0 Å². The van der Waals surface area contributed by atoms with Crippen molar-refractivity contribution in [1.82, 2.24) is 4.98 Å². The van der Waals surface area contributed by atoms with Gasteiger partial charge in [0.1, 0.15) is 12.9 Å². The molecule has 0 aliphatic rings. The Morgan fingerprint density at radius 3 is 2.55 bits per heavy atom. The Kier molecular flexibility index (Phi) is 5.17. The minimum Gasteiger partial charge on any atom is -0.493 e. The summed E-state index contributed by atoms with van der Waals surface area (Å²) < 4.78 is 10.9. The molecule has 6 nitrogen and oxygen atoms in total. The van der Waals surface area contributed by atoms with Gasteiger partial charge >= 0.3 is 7.12 Å². The van der Waals surface area contributed by atoms with E-state index in [1.165, 1.54) is 19.2 Å². The fourth-order valence-corrected chi connectivity index (χ4v) is 2.86. The number of methoxy groups -OCH3 is 1. The molecule has 22 heavy (non-hydrogen) atoms. The third-order valence-electron chi connectivity index (χ3n) is 3.14. The van der Waals surface area contributed by atoms with Crippen molar-refractivity contribution in [2.75, 3.05) is 7.11 Å². The van der Waals surface area contributed by atoms with Crippen LogP contribution in [0.2, 0.25) is 0 Å². The number of ether oxygens (including phenoxy) is 2. The topological polar surface area (TPSA) is 88.9 Å². The van der Waals surface area contributed by atoms with Crippen LogP contribution in [0.15, 0.2) is 12.1 Å². The maximum Gasteiger partial charge on any atom is 0.489 e. The smallest absolute Gasteiger partial charge is 0.489 e. The highest BCUT2D eigenvalue weighted by molar-refractivity contribution is 7.11. The van der Waals surface area contributed by atoms with Gasteiger partial charge < -0.3 is 19.5 Å². The van der Waals surface area contributed by atoms with Gasteiger partial charge in [0.15, 0.2) is 11.5 Å². The summed E-state index contributed by atoms with van der Waals surface area (Å²) in [6, 6.07) is 2.80. The Hall–Kier alpha value is -1.90. The molecule has 8 heteroatoms. The number of aldehydes is 1. The molecule has 1 aromatic heterocycles. The zero-order chi connectivity index (χ0) is 16.3.